The van der Waals surface area contributed by atoms with Crippen LogP contribution in [-0.2, 0) is 16.0 Å². The van der Waals surface area contributed by atoms with Crippen molar-refractivity contribution >= 4 is 5.96 Å². The van der Waals surface area contributed by atoms with Crippen LogP contribution in [0.2, 0.25) is 0 Å². The third-order valence-corrected chi connectivity index (χ3v) is 4.04. The number of rotatable bonds is 13. The minimum Gasteiger partial charge on any atom is -0.493 e. The second kappa shape index (κ2) is 14.3. The number of nitrogens with zero attached hydrogens (tertiary/aromatic N) is 1. The maximum atomic E-state index is 6.01. The van der Waals surface area contributed by atoms with E-state index in [4.69, 9.17) is 14.2 Å². The number of hydrogen-bond donors (Lipinski definition) is 2. The molecular weight excluding hydrogens is 342 g/mol. The van der Waals surface area contributed by atoms with E-state index in [9.17, 15) is 0 Å². The first kappa shape index (κ1) is 23.2. The molecule has 1 aromatic rings. The standard InChI is InChI=1S/C21H37N3O3/c1-17(2)9-12-27-20-15-18(3)7-8-19(20)16-24-21(22-4)23-10-6-11-26-14-13-25-5/h7-8,15,17H,6,9-14,16H2,1-5H3,(H2,22,23,24). The molecule has 0 saturated heterocycles. The summed E-state index contributed by atoms with van der Waals surface area (Å²) in [6.07, 6.45) is 1.97. The molecule has 27 heavy (non-hydrogen) atoms. The molecule has 0 bridgehead atoms. The van der Waals surface area contributed by atoms with E-state index >= 15 is 0 Å². The molecule has 0 aliphatic heterocycles. The van der Waals surface area contributed by atoms with Crippen molar-refractivity contribution in [3.05, 3.63) is 29.3 Å². The third kappa shape index (κ3) is 10.8. The minimum atomic E-state index is 0.634. The maximum Gasteiger partial charge on any atom is 0.191 e. The van der Waals surface area contributed by atoms with E-state index in [-0.39, 0.29) is 0 Å². The van der Waals surface area contributed by atoms with Gasteiger partial charge in [-0.15, -0.1) is 0 Å². The summed E-state index contributed by atoms with van der Waals surface area (Å²) in [5, 5.41) is 6.66. The van der Waals surface area contributed by atoms with Crippen molar-refractivity contribution in [3.8, 4) is 5.75 Å². The lowest BCUT2D eigenvalue weighted by atomic mass is 10.1. The first-order valence-corrected chi connectivity index (χ1v) is 9.80. The van der Waals surface area contributed by atoms with Crippen molar-refractivity contribution in [3.63, 3.8) is 0 Å². The summed E-state index contributed by atoms with van der Waals surface area (Å²) in [6.45, 7) is 10.7. The number of aliphatic imine (C=N–C) groups is 1. The predicted molar refractivity (Wildman–Crippen MR) is 112 cm³/mol. The largest absolute Gasteiger partial charge is 0.493 e. The van der Waals surface area contributed by atoms with E-state index in [1.54, 1.807) is 14.2 Å². The van der Waals surface area contributed by atoms with Crippen molar-refractivity contribution in [2.24, 2.45) is 10.9 Å². The van der Waals surface area contributed by atoms with Crippen LogP contribution in [0.4, 0.5) is 0 Å². The Morgan fingerprint density at radius 2 is 1.93 bits per heavy atom. The quantitative estimate of drug-likeness (QED) is 0.313. The summed E-state index contributed by atoms with van der Waals surface area (Å²) >= 11 is 0. The second-order valence-electron chi connectivity index (χ2n) is 6.95. The number of nitrogens with one attached hydrogen (secondary N) is 2. The summed E-state index contributed by atoms with van der Waals surface area (Å²) in [5.74, 6) is 2.36. The Hall–Kier alpha value is -1.79. The molecule has 0 unspecified atom stereocenters. The fourth-order valence-corrected chi connectivity index (χ4v) is 2.37. The molecule has 0 fully saturated rings. The van der Waals surface area contributed by atoms with Gasteiger partial charge in [0.05, 0.1) is 19.8 Å². The molecule has 0 atom stereocenters. The normalized spacial score (nSPS) is 11.7. The van der Waals surface area contributed by atoms with Gasteiger partial charge in [-0.1, -0.05) is 26.0 Å². The zero-order valence-electron chi connectivity index (χ0n) is 17.6. The van der Waals surface area contributed by atoms with E-state index in [1.165, 1.54) is 5.56 Å². The number of ether oxygens (including phenoxy) is 3. The van der Waals surface area contributed by atoms with Gasteiger partial charge in [0.1, 0.15) is 5.75 Å². The van der Waals surface area contributed by atoms with E-state index in [0.29, 0.717) is 32.3 Å². The summed E-state index contributed by atoms with van der Waals surface area (Å²) in [7, 11) is 3.45. The first-order valence-electron chi connectivity index (χ1n) is 9.80. The monoisotopic (exact) mass is 379 g/mol. The van der Waals surface area contributed by atoms with Crippen molar-refractivity contribution in [1.82, 2.24) is 10.6 Å². The average Bonchev–Trinajstić information content (AvgIpc) is 2.64. The molecule has 0 spiro atoms. The van der Waals surface area contributed by atoms with Crippen LogP contribution in [0.1, 0.15) is 37.8 Å². The molecule has 0 radical (unpaired) electrons. The van der Waals surface area contributed by atoms with Gasteiger partial charge in [-0.3, -0.25) is 4.99 Å². The first-order chi connectivity index (χ1) is 13.1. The van der Waals surface area contributed by atoms with E-state index < -0.39 is 0 Å². The van der Waals surface area contributed by atoms with Crippen LogP contribution in [-0.4, -0.2) is 53.1 Å². The number of hydrogen-bond acceptors (Lipinski definition) is 4. The van der Waals surface area contributed by atoms with Crippen molar-refractivity contribution in [2.75, 3.05) is 47.1 Å². The Kier molecular flexibility index (Phi) is 12.3. The Bertz CT molecular complexity index is 547. The van der Waals surface area contributed by atoms with Crippen LogP contribution >= 0.6 is 0 Å². The third-order valence-electron chi connectivity index (χ3n) is 4.04. The Labute approximate surface area is 164 Å². The number of aryl methyl sites for hydroxylation is 1. The topological polar surface area (TPSA) is 64.1 Å². The summed E-state index contributed by atoms with van der Waals surface area (Å²) in [6, 6.07) is 6.33. The fourth-order valence-electron chi connectivity index (χ4n) is 2.37. The van der Waals surface area contributed by atoms with Gasteiger partial charge in [-0.05, 0) is 37.3 Å². The van der Waals surface area contributed by atoms with Gasteiger partial charge in [0.25, 0.3) is 0 Å². The molecule has 0 aliphatic rings. The van der Waals surface area contributed by atoms with Crippen LogP contribution in [0.3, 0.4) is 0 Å². The molecule has 0 aliphatic carbocycles. The van der Waals surface area contributed by atoms with Gasteiger partial charge < -0.3 is 24.8 Å². The molecule has 1 aromatic carbocycles. The van der Waals surface area contributed by atoms with Crippen molar-refractivity contribution < 1.29 is 14.2 Å². The van der Waals surface area contributed by atoms with E-state index in [1.807, 2.05) is 0 Å². The van der Waals surface area contributed by atoms with Crippen LogP contribution in [0, 0.1) is 12.8 Å². The van der Waals surface area contributed by atoms with E-state index in [2.05, 4.69) is 54.6 Å². The molecule has 6 heteroatoms. The zero-order valence-corrected chi connectivity index (χ0v) is 17.6. The van der Waals surface area contributed by atoms with Crippen LogP contribution < -0.4 is 15.4 Å². The van der Waals surface area contributed by atoms with E-state index in [0.717, 1.165) is 43.3 Å². The predicted octanol–water partition coefficient (Wildman–Crippen LogP) is 3.14. The summed E-state index contributed by atoms with van der Waals surface area (Å²) < 4.78 is 16.4. The number of benzene rings is 1. The average molecular weight is 380 g/mol. The van der Waals surface area contributed by atoms with Gasteiger partial charge in [0, 0.05) is 39.4 Å². The molecular formula is C21H37N3O3. The zero-order chi connectivity index (χ0) is 19.9. The highest BCUT2D eigenvalue weighted by Crippen LogP contribution is 2.21. The van der Waals surface area contributed by atoms with Gasteiger partial charge in [-0.25, -0.2) is 0 Å². The molecule has 0 amide bonds. The van der Waals surface area contributed by atoms with Crippen molar-refractivity contribution in [2.45, 2.75) is 40.2 Å². The Morgan fingerprint density at radius 3 is 2.63 bits per heavy atom. The lowest BCUT2D eigenvalue weighted by Gasteiger charge is -2.16. The smallest absolute Gasteiger partial charge is 0.191 e. The summed E-state index contributed by atoms with van der Waals surface area (Å²) in [4.78, 5) is 4.28. The molecule has 0 heterocycles. The highest BCUT2D eigenvalue weighted by atomic mass is 16.5. The highest BCUT2D eigenvalue weighted by molar-refractivity contribution is 5.79. The minimum absolute atomic E-state index is 0.634. The maximum absolute atomic E-state index is 6.01. The fraction of sp³-hybridized carbons (Fsp3) is 0.667. The van der Waals surface area contributed by atoms with Crippen LogP contribution in [0.15, 0.2) is 23.2 Å². The number of guanidine groups is 1. The summed E-state index contributed by atoms with van der Waals surface area (Å²) in [5.41, 5.74) is 2.34. The molecule has 6 nitrogen and oxygen atoms in total. The number of methoxy groups -OCH3 is 1. The Balaban J connectivity index is 2.40. The molecule has 1 rings (SSSR count). The molecule has 2 N–H and O–H groups in total. The highest BCUT2D eigenvalue weighted by Gasteiger charge is 2.06. The van der Waals surface area contributed by atoms with Gasteiger partial charge >= 0.3 is 0 Å². The van der Waals surface area contributed by atoms with Crippen LogP contribution in [0.5, 0.6) is 5.75 Å². The lowest BCUT2D eigenvalue weighted by Crippen LogP contribution is -2.37. The molecule has 0 aromatic heterocycles. The molecule has 0 saturated carbocycles. The van der Waals surface area contributed by atoms with Crippen molar-refractivity contribution in [1.29, 1.82) is 0 Å². The molecule has 154 valence electrons. The Morgan fingerprint density at radius 1 is 1.11 bits per heavy atom. The SMILES string of the molecule is CN=C(NCCCOCCOC)NCc1ccc(C)cc1OCCC(C)C. The lowest BCUT2D eigenvalue weighted by molar-refractivity contribution is 0.0698. The van der Waals surface area contributed by atoms with Gasteiger partial charge in [0.2, 0.25) is 0 Å². The van der Waals surface area contributed by atoms with Crippen LogP contribution in [0.25, 0.3) is 0 Å². The van der Waals surface area contributed by atoms with Gasteiger partial charge in [0.15, 0.2) is 5.96 Å². The second-order valence-corrected chi connectivity index (χ2v) is 6.95. The van der Waals surface area contributed by atoms with Gasteiger partial charge in [-0.2, -0.15) is 0 Å².